The molecule has 2 aromatic rings. The number of aliphatic hydroxyl groups is 7. The van der Waals surface area contributed by atoms with Gasteiger partial charge in [0, 0.05) is 41.2 Å². The van der Waals surface area contributed by atoms with E-state index in [9.17, 15) is 40.5 Å². The molecular weight excluding hydrogens is 1030 g/mol. The van der Waals surface area contributed by atoms with E-state index in [1.54, 1.807) is 24.3 Å². The summed E-state index contributed by atoms with van der Waals surface area (Å²) in [4.78, 5) is 45.5. The molecule has 9 N–H and O–H groups in total. The number of hydrogen-bond acceptors (Lipinski definition) is 16. The average molecular weight is 1100 g/mol. The molecule has 10 aliphatic carbocycles. The van der Waals surface area contributed by atoms with E-state index in [1.165, 1.54) is 71.6 Å². The Labute approximate surface area is 463 Å². The third-order valence-electron chi connectivity index (χ3n) is 22.9. The van der Waals surface area contributed by atoms with E-state index in [4.69, 9.17) is 9.47 Å². The number of hydrogen-bond donors (Lipinski definition) is 9. The number of Topliss-reactive ketones (excluding diaryl/α,β-unsaturated/α-hetero) is 2. The smallest absolute Gasteiger partial charge is 0.229 e. The Morgan fingerprint density at radius 1 is 0.885 bits per heavy atom. The normalized spacial score (nSPS) is 43.4. The second kappa shape index (κ2) is 18.5. The van der Waals surface area contributed by atoms with Crippen molar-refractivity contribution < 1.29 is 59.6 Å². The number of carbonyl (C=O) groups excluding carboxylic acids is 3. The summed E-state index contributed by atoms with van der Waals surface area (Å²) in [6.45, 7) is -0.524. The van der Waals surface area contributed by atoms with Crippen LogP contribution in [0.25, 0.3) is 0 Å². The third-order valence-corrected chi connectivity index (χ3v) is 25.6. The summed E-state index contributed by atoms with van der Waals surface area (Å²) >= 11 is 0. The van der Waals surface area contributed by atoms with Crippen LogP contribution in [0.4, 0.5) is 0 Å². The van der Waals surface area contributed by atoms with E-state index in [0.717, 1.165) is 55.5 Å². The molecular formula is C62H74N2O12S2. The summed E-state index contributed by atoms with van der Waals surface area (Å²) < 4.78 is 13.6. The fourth-order valence-electron chi connectivity index (χ4n) is 20.3. The number of carbonyl (C=O) groups is 3. The number of rotatable bonds is 8. The summed E-state index contributed by atoms with van der Waals surface area (Å²) in [6.07, 6.45) is 15.6. The van der Waals surface area contributed by atoms with Crippen molar-refractivity contribution in [1.29, 1.82) is 0 Å². The lowest BCUT2D eigenvalue weighted by Crippen LogP contribution is -2.81. The van der Waals surface area contributed by atoms with Gasteiger partial charge in [-0.1, -0.05) is 76.9 Å². The van der Waals surface area contributed by atoms with Crippen molar-refractivity contribution in [2.45, 2.75) is 151 Å². The van der Waals surface area contributed by atoms with Crippen LogP contribution < -0.4 is 15.4 Å². The van der Waals surface area contributed by atoms with Crippen LogP contribution in [0.15, 0.2) is 89.0 Å². The monoisotopic (exact) mass is 1100 g/mol. The average Bonchev–Trinajstić information content (AvgIpc) is 2.09. The molecule has 1 saturated heterocycles. The molecule has 10 bridgehead atoms. The summed E-state index contributed by atoms with van der Waals surface area (Å²) in [5, 5.41) is 91.8. The molecule has 3 aliphatic heterocycles. The highest BCUT2D eigenvalue weighted by Gasteiger charge is 2.79. The SMILES string of the molecule is O=C[C@H]1C[C@@]2(CCC3(CCCC3)C2)C[C@]12C[C@H]1C[C@H]3C[C@@H]4C[C@]5(CO)O[C@H]6Oc7cccc8c7C(=O)[C@@]7(C(O)=CC(Cc9cccc(CO)c9)=C[C@@H]7C8=O)[C@H](CCCO)SSCNC7=CC(=C3CN7)[C@@]1(C2)[C@H]4[C@](O)([C@@H]5O)[C@H]6O. The number of fused-ring (bicyclic) bond motifs is 2. The minimum Gasteiger partial charge on any atom is -0.511 e. The number of aliphatic hydroxyl groups excluding tert-OH is 6. The Morgan fingerprint density at radius 2 is 1.69 bits per heavy atom. The van der Waals surface area contributed by atoms with Crippen molar-refractivity contribution in [3.8, 4) is 5.75 Å². The molecule has 7 fully saturated rings. The molecule has 14 nitrogen and oxygen atoms in total. The van der Waals surface area contributed by atoms with Gasteiger partial charge < -0.3 is 60.6 Å². The topological polar surface area (TPSA) is 235 Å². The van der Waals surface area contributed by atoms with E-state index in [1.807, 2.05) is 24.3 Å². The van der Waals surface area contributed by atoms with Crippen molar-refractivity contribution in [2.24, 2.45) is 62.6 Å². The molecule has 0 radical (unpaired) electrons. The van der Waals surface area contributed by atoms with Crippen LogP contribution in [0.5, 0.6) is 5.75 Å². The van der Waals surface area contributed by atoms with E-state index in [0.29, 0.717) is 48.2 Å². The first-order chi connectivity index (χ1) is 37.6. The molecule has 0 aromatic heterocycles. The van der Waals surface area contributed by atoms with Crippen LogP contribution in [0, 0.1) is 62.6 Å². The fraction of sp³-hybridized carbons (Fsp3) is 0.629. The standard InChI is InChI=1S/C62H74N2O12S2/c65-15-5-10-47-61-44(18-36(19-46(61)69)17-34-6-3-7-35(16-34)27-66)50(70)41-8-4-9-45(49(41)52(61)71)75-54-53(72)62(74)51-38(23-59(32-68,76-54)55(62)73)20-37-21-39-25-58(30-57(24-40(58)28-67)14-13-56(29-57)11-1-2-12-56)31-60(39,51)43-22-48(63-26-42(37)43)64-33-77-78-47/h3-4,6-9,16,18-19,22,28,37-40,44,47,51,53-55,63-66,68-69,72-74H,1-2,5,10-15,17,20-21,23-27,29-33H2/t37-,38-,39-,40-,44-,47+,51+,53+,54-,55-,57-,58+,59-,60+,61+,62-/m1/s1. The van der Waals surface area contributed by atoms with Crippen molar-refractivity contribution in [2.75, 3.05) is 25.6 Å². The highest BCUT2D eigenvalue weighted by atomic mass is 33.1. The Bertz CT molecular complexity index is 2990. The zero-order chi connectivity index (χ0) is 53.8. The van der Waals surface area contributed by atoms with Gasteiger partial charge in [0.1, 0.15) is 46.6 Å². The van der Waals surface area contributed by atoms with E-state index >= 15 is 9.59 Å². The van der Waals surface area contributed by atoms with Crippen molar-refractivity contribution in [3.05, 3.63) is 111 Å². The van der Waals surface area contributed by atoms with Gasteiger partial charge in [-0.15, -0.1) is 0 Å². The summed E-state index contributed by atoms with van der Waals surface area (Å²) in [7, 11) is 2.84. The van der Waals surface area contributed by atoms with Crippen LogP contribution >= 0.6 is 21.6 Å². The minimum atomic E-state index is -2.34. The van der Waals surface area contributed by atoms with Crippen molar-refractivity contribution >= 4 is 39.4 Å². The predicted molar refractivity (Wildman–Crippen MR) is 292 cm³/mol. The van der Waals surface area contributed by atoms with Crippen molar-refractivity contribution in [1.82, 2.24) is 10.6 Å². The molecule has 416 valence electrons. The zero-order valence-corrected chi connectivity index (χ0v) is 45.8. The Hall–Kier alpha value is -3.97. The number of aldehydes is 1. The first kappa shape index (κ1) is 52.1. The zero-order valence-electron chi connectivity index (χ0n) is 44.2. The van der Waals surface area contributed by atoms with Gasteiger partial charge in [-0.2, -0.15) is 0 Å². The first-order valence-electron chi connectivity index (χ1n) is 29.0. The van der Waals surface area contributed by atoms with Crippen LogP contribution in [-0.4, -0.2) is 114 Å². The lowest BCUT2D eigenvalue weighted by atomic mass is 9.46. The van der Waals surface area contributed by atoms with E-state index in [-0.39, 0.29) is 89.6 Å². The number of benzene rings is 2. The number of dihydropyridines is 1. The first-order valence-corrected chi connectivity index (χ1v) is 31.4. The van der Waals surface area contributed by atoms with Crippen LogP contribution in [-0.2, 0) is 22.6 Å². The molecule has 5 spiro atoms. The van der Waals surface area contributed by atoms with E-state index in [2.05, 4.69) is 16.7 Å². The maximum Gasteiger partial charge on any atom is 0.229 e. The van der Waals surface area contributed by atoms with Gasteiger partial charge in [0.2, 0.25) is 6.29 Å². The van der Waals surface area contributed by atoms with Crippen LogP contribution in [0.3, 0.4) is 0 Å². The number of ether oxygens (including phenoxy) is 2. The Balaban J connectivity index is 0.917. The van der Waals surface area contributed by atoms with Gasteiger partial charge in [-0.3, -0.25) is 9.59 Å². The lowest BCUT2D eigenvalue weighted by molar-refractivity contribution is -0.392. The van der Waals surface area contributed by atoms with Gasteiger partial charge in [0.15, 0.2) is 11.6 Å². The lowest BCUT2D eigenvalue weighted by Gasteiger charge is -2.65. The van der Waals surface area contributed by atoms with Gasteiger partial charge in [0.05, 0.1) is 36.4 Å². The second-order valence-corrected chi connectivity index (χ2v) is 29.1. The predicted octanol–water partition coefficient (Wildman–Crippen LogP) is 7.31. The molecule has 16 atom stereocenters. The molecule has 3 heterocycles. The van der Waals surface area contributed by atoms with Gasteiger partial charge >= 0.3 is 0 Å². The third kappa shape index (κ3) is 7.18. The molecule has 2 aromatic carbocycles. The maximum absolute atomic E-state index is 16.2. The summed E-state index contributed by atoms with van der Waals surface area (Å²) in [5.74, 6) is -2.68. The van der Waals surface area contributed by atoms with Crippen molar-refractivity contribution in [3.63, 3.8) is 0 Å². The molecule has 15 rings (SSSR count). The van der Waals surface area contributed by atoms with Gasteiger partial charge in [-0.05, 0) is 176 Å². The largest absolute Gasteiger partial charge is 0.511 e. The summed E-state index contributed by atoms with van der Waals surface area (Å²) in [6, 6.07) is 12.1. The Kier molecular flexibility index (Phi) is 12.4. The minimum absolute atomic E-state index is 0.00627. The van der Waals surface area contributed by atoms with E-state index < -0.39 is 75.8 Å². The number of ketones is 2. The van der Waals surface area contributed by atoms with Crippen LogP contribution in [0.1, 0.15) is 135 Å². The molecule has 6 saturated carbocycles. The highest BCUT2D eigenvalue weighted by Crippen LogP contribution is 2.80. The maximum atomic E-state index is 16.2. The molecule has 0 unspecified atom stereocenters. The number of allylic oxidation sites excluding steroid dienone is 6. The Morgan fingerprint density at radius 3 is 2.49 bits per heavy atom. The molecule has 13 aliphatic rings. The van der Waals surface area contributed by atoms with Crippen LogP contribution in [0.2, 0.25) is 0 Å². The quantitative estimate of drug-likeness (QED) is 0.0931. The summed E-state index contributed by atoms with van der Waals surface area (Å²) in [5.41, 5.74) is -2.33. The number of nitrogens with one attached hydrogen (secondary N) is 2. The highest BCUT2D eigenvalue weighted by molar-refractivity contribution is 8.76. The second-order valence-electron chi connectivity index (χ2n) is 26.5. The molecule has 78 heavy (non-hydrogen) atoms. The fourth-order valence-corrected chi connectivity index (χ4v) is 23.1. The van der Waals surface area contributed by atoms with Gasteiger partial charge in [-0.25, -0.2) is 0 Å². The molecule has 0 amide bonds. The molecule has 16 heteroatoms. The van der Waals surface area contributed by atoms with Gasteiger partial charge in [0.25, 0.3) is 0 Å².